The van der Waals surface area contributed by atoms with Gasteiger partial charge in [-0.1, -0.05) is 12.1 Å². The fourth-order valence-electron chi connectivity index (χ4n) is 4.43. The van der Waals surface area contributed by atoms with E-state index in [1.165, 1.54) is 0 Å². The van der Waals surface area contributed by atoms with Gasteiger partial charge in [0.1, 0.15) is 24.0 Å². The smallest absolute Gasteiger partial charge is 0.231 e. The molecule has 0 atom stereocenters. The van der Waals surface area contributed by atoms with Gasteiger partial charge in [-0.15, -0.1) is 0 Å². The third-order valence-electron chi connectivity index (χ3n) is 6.23. The van der Waals surface area contributed by atoms with E-state index < -0.39 is 0 Å². The summed E-state index contributed by atoms with van der Waals surface area (Å²) in [6.45, 7) is 8.73. The number of fused-ring (bicyclic) bond motifs is 2. The third-order valence-corrected chi connectivity index (χ3v) is 6.23. The first-order valence-corrected chi connectivity index (χ1v) is 11.0. The summed E-state index contributed by atoms with van der Waals surface area (Å²) < 4.78 is 22.8. The Balaban J connectivity index is 1.34. The Hall–Kier alpha value is -2.87. The molecule has 0 unspecified atom stereocenters. The van der Waals surface area contributed by atoms with Gasteiger partial charge in [-0.25, -0.2) is 0 Å². The molecule has 5 rings (SSSR count). The van der Waals surface area contributed by atoms with Gasteiger partial charge in [-0.3, -0.25) is 14.6 Å². The van der Waals surface area contributed by atoms with Crippen molar-refractivity contribution in [2.45, 2.75) is 13.5 Å². The maximum atomic E-state index is 13.1. The van der Waals surface area contributed by atoms with Crippen molar-refractivity contribution in [3.63, 3.8) is 0 Å². The highest BCUT2D eigenvalue weighted by molar-refractivity contribution is 6.15. The van der Waals surface area contributed by atoms with Crippen LogP contribution in [0.1, 0.15) is 27.0 Å². The highest BCUT2D eigenvalue weighted by Gasteiger charge is 2.33. The standard InChI is InChI=1S/C25H28N2O5/c1-17-24-19(15-27(16-31-24)7-6-26-8-10-30-11-9-26)14-21-23(28)22(32-25(17)21)13-18-4-3-5-20(12-18)29-2/h3-5,12-14H,6-11,15-16H2,1-2H3/b22-13-. The Morgan fingerprint density at radius 2 is 1.91 bits per heavy atom. The van der Waals surface area contributed by atoms with Crippen LogP contribution in [0.3, 0.4) is 0 Å². The van der Waals surface area contributed by atoms with Crippen LogP contribution in [0, 0.1) is 6.92 Å². The van der Waals surface area contributed by atoms with Crippen LogP contribution in [0.15, 0.2) is 36.1 Å². The lowest BCUT2D eigenvalue weighted by Crippen LogP contribution is -2.43. The lowest BCUT2D eigenvalue weighted by molar-refractivity contribution is 0.0239. The molecule has 2 aromatic carbocycles. The van der Waals surface area contributed by atoms with E-state index in [1.54, 1.807) is 13.2 Å². The van der Waals surface area contributed by atoms with E-state index in [2.05, 4.69) is 9.80 Å². The van der Waals surface area contributed by atoms with Gasteiger partial charge < -0.3 is 18.9 Å². The second kappa shape index (κ2) is 8.94. The zero-order chi connectivity index (χ0) is 22.1. The highest BCUT2D eigenvalue weighted by atomic mass is 16.5. The molecule has 3 heterocycles. The van der Waals surface area contributed by atoms with E-state index in [-0.39, 0.29) is 5.78 Å². The summed E-state index contributed by atoms with van der Waals surface area (Å²) in [7, 11) is 1.62. The molecule has 0 radical (unpaired) electrons. The van der Waals surface area contributed by atoms with Crippen molar-refractivity contribution in [2.75, 3.05) is 53.2 Å². The summed E-state index contributed by atoms with van der Waals surface area (Å²) in [4.78, 5) is 17.8. The number of hydrogen-bond acceptors (Lipinski definition) is 7. The summed E-state index contributed by atoms with van der Waals surface area (Å²) in [5, 5.41) is 0. The van der Waals surface area contributed by atoms with Gasteiger partial charge in [0.2, 0.25) is 5.78 Å². The first kappa shape index (κ1) is 21.0. The molecule has 32 heavy (non-hydrogen) atoms. The van der Waals surface area contributed by atoms with Crippen LogP contribution in [0.5, 0.6) is 17.2 Å². The van der Waals surface area contributed by atoms with Crippen LogP contribution < -0.4 is 14.2 Å². The van der Waals surface area contributed by atoms with Gasteiger partial charge in [0, 0.05) is 43.9 Å². The number of ketones is 1. The summed E-state index contributed by atoms with van der Waals surface area (Å²) in [5.74, 6) is 2.40. The van der Waals surface area contributed by atoms with Gasteiger partial charge >= 0.3 is 0 Å². The number of Topliss-reactive ketones (excluding diaryl/α,β-unsaturated/α-hetero) is 1. The van der Waals surface area contributed by atoms with Gasteiger partial charge in [0.05, 0.1) is 25.9 Å². The van der Waals surface area contributed by atoms with E-state index in [9.17, 15) is 4.79 Å². The minimum atomic E-state index is -0.0980. The Kier molecular flexibility index (Phi) is 5.87. The number of ether oxygens (including phenoxy) is 4. The monoisotopic (exact) mass is 436 g/mol. The van der Waals surface area contributed by atoms with Crippen LogP contribution in [0.25, 0.3) is 6.08 Å². The fourth-order valence-corrected chi connectivity index (χ4v) is 4.43. The number of nitrogens with zero attached hydrogens (tertiary/aromatic N) is 2. The molecule has 0 bridgehead atoms. The molecule has 0 amide bonds. The van der Waals surface area contributed by atoms with Crippen LogP contribution >= 0.6 is 0 Å². The second-order valence-corrected chi connectivity index (χ2v) is 8.36. The van der Waals surface area contributed by atoms with Crippen molar-refractivity contribution in [2.24, 2.45) is 0 Å². The quantitative estimate of drug-likeness (QED) is 0.668. The number of benzene rings is 2. The molecule has 7 nitrogen and oxygen atoms in total. The lowest BCUT2D eigenvalue weighted by Gasteiger charge is -2.33. The maximum absolute atomic E-state index is 13.1. The minimum absolute atomic E-state index is 0.0980. The second-order valence-electron chi connectivity index (χ2n) is 8.36. The van der Waals surface area contributed by atoms with Gasteiger partial charge in [0.25, 0.3) is 0 Å². The number of hydrogen-bond donors (Lipinski definition) is 0. The molecule has 0 aliphatic carbocycles. The predicted octanol–water partition coefficient (Wildman–Crippen LogP) is 3.10. The van der Waals surface area contributed by atoms with Crippen LogP contribution in [-0.2, 0) is 11.3 Å². The van der Waals surface area contributed by atoms with E-state index in [4.69, 9.17) is 18.9 Å². The maximum Gasteiger partial charge on any atom is 0.231 e. The number of rotatable bonds is 5. The molecule has 3 aliphatic heterocycles. The molecule has 1 saturated heterocycles. The van der Waals surface area contributed by atoms with Crippen molar-refractivity contribution in [1.29, 1.82) is 0 Å². The van der Waals surface area contributed by atoms with Crippen molar-refractivity contribution >= 4 is 11.9 Å². The first-order chi connectivity index (χ1) is 15.6. The van der Waals surface area contributed by atoms with Crippen LogP contribution in [0.4, 0.5) is 0 Å². The Morgan fingerprint density at radius 3 is 2.72 bits per heavy atom. The molecule has 0 spiro atoms. The van der Waals surface area contributed by atoms with Crippen molar-refractivity contribution in [1.82, 2.24) is 9.80 Å². The van der Waals surface area contributed by atoms with Gasteiger partial charge in [-0.05, 0) is 36.8 Å². The average molecular weight is 437 g/mol. The molecule has 0 aromatic heterocycles. The Labute approximate surface area is 188 Å². The van der Waals surface area contributed by atoms with Crippen molar-refractivity contribution in [3.05, 3.63) is 58.3 Å². The largest absolute Gasteiger partial charge is 0.497 e. The van der Waals surface area contributed by atoms with E-state index in [1.807, 2.05) is 37.3 Å². The van der Waals surface area contributed by atoms with Crippen LogP contribution in [0.2, 0.25) is 0 Å². The number of methoxy groups -OCH3 is 1. The molecular formula is C25H28N2O5. The predicted molar refractivity (Wildman–Crippen MR) is 120 cm³/mol. The topological polar surface area (TPSA) is 60.5 Å². The zero-order valence-electron chi connectivity index (χ0n) is 18.6. The molecular weight excluding hydrogens is 408 g/mol. The van der Waals surface area contributed by atoms with Crippen LogP contribution in [-0.4, -0.2) is 68.8 Å². The van der Waals surface area contributed by atoms with E-state index in [0.717, 1.165) is 74.1 Å². The fraction of sp³-hybridized carbons (Fsp3) is 0.400. The van der Waals surface area contributed by atoms with Crippen molar-refractivity contribution in [3.8, 4) is 17.2 Å². The lowest BCUT2D eigenvalue weighted by atomic mass is 10.00. The summed E-state index contributed by atoms with van der Waals surface area (Å²) in [6, 6.07) is 9.49. The van der Waals surface area contributed by atoms with E-state index in [0.29, 0.717) is 23.8 Å². The molecule has 0 N–H and O–H groups in total. The molecule has 1 fully saturated rings. The first-order valence-electron chi connectivity index (χ1n) is 11.0. The van der Waals surface area contributed by atoms with E-state index >= 15 is 0 Å². The average Bonchev–Trinajstić information content (AvgIpc) is 3.14. The summed E-state index contributed by atoms with van der Waals surface area (Å²) in [6.07, 6.45) is 1.76. The molecule has 2 aromatic rings. The summed E-state index contributed by atoms with van der Waals surface area (Å²) in [5.41, 5.74) is 3.38. The Morgan fingerprint density at radius 1 is 1.09 bits per heavy atom. The molecule has 0 saturated carbocycles. The number of carbonyl (C=O) groups is 1. The molecule has 3 aliphatic rings. The SMILES string of the molecule is COc1cccc(/C=C2\Oc3c(cc4c(c3C)OCN(CCN3CCOCC3)C4)C2=O)c1. The molecule has 168 valence electrons. The van der Waals surface area contributed by atoms with Crippen molar-refractivity contribution < 1.29 is 23.7 Å². The zero-order valence-corrected chi connectivity index (χ0v) is 18.6. The normalized spacial score (nSPS) is 19.9. The Bertz CT molecular complexity index is 1060. The van der Waals surface area contributed by atoms with Gasteiger partial charge in [0.15, 0.2) is 5.76 Å². The number of morpholine rings is 1. The minimum Gasteiger partial charge on any atom is -0.497 e. The number of carbonyl (C=O) groups excluding carboxylic acids is 1. The third kappa shape index (κ3) is 4.11. The van der Waals surface area contributed by atoms with Gasteiger partial charge in [-0.2, -0.15) is 0 Å². The molecule has 7 heteroatoms. The number of allylic oxidation sites excluding steroid dienone is 1. The highest BCUT2D eigenvalue weighted by Crippen LogP contribution is 2.43. The summed E-state index contributed by atoms with van der Waals surface area (Å²) >= 11 is 0.